The second kappa shape index (κ2) is 5.66. The van der Waals surface area contributed by atoms with E-state index in [1.807, 2.05) is 13.0 Å². The summed E-state index contributed by atoms with van der Waals surface area (Å²) < 4.78 is -0.146. The Kier molecular flexibility index (Phi) is 4.30. The summed E-state index contributed by atoms with van der Waals surface area (Å²) in [5.74, 6) is 0.522. The maximum atomic E-state index is 12.1. The van der Waals surface area contributed by atoms with Gasteiger partial charge in [0.15, 0.2) is 11.5 Å². The van der Waals surface area contributed by atoms with Gasteiger partial charge in [-0.15, -0.1) is 0 Å². The van der Waals surface area contributed by atoms with E-state index in [1.54, 1.807) is 26.2 Å². The van der Waals surface area contributed by atoms with Gasteiger partial charge >= 0.3 is 5.91 Å². The monoisotopic (exact) mass is 340 g/mol. The van der Waals surface area contributed by atoms with Crippen molar-refractivity contribution in [3.8, 4) is 5.75 Å². The molecule has 0 radical (unpaired) electrons. The number of carbonyl (C=O) groups is 2. The molecule has 0 aromatic heterocycles. The van der Waals surface area contributed by atoms with Crippen LogP contribution in [0.4, 0.5) is 0 Å². The van der Waals surface area contributed by atoms with Crippen LogP contribution in [0.3, 0.4) is 0 Å². The molecule has 1 aliphatic rings. The Bertz CT molecular complexity index is 554. The van der Waals surface area contributed by atoms with Gasteiger partial charge in [-0.2, -0.15) is 0 Å². The van der Waals surface area contributed by atoms with E-state index < -0.39 is 0 Å². The van der Waals surface area contributed by atoms with Crippen molar-refractivity contribution < 1.29 is 19.1 Å². The van der Waals surface area contributed by atoms with Crippen molar-refractivity contribution in [2.24, 2.45) is 0 Å². The number of hydrogen-bond acceptors (Lipinski definition) is 3. The number of nitrogens with zero attached hydrogens (tertiary/aromatic N) is 1. The lowest BCUT2D eigenvalue weighted by Gasteiger charge is -2.33. The molecular formula is C15H19BrNO3+. The molecule has 5 heteroatoms. The smallest absolute Gasteiger partial charge is 0.308 e. The summed E-state index contributed by atoms with van der Waals surface area (Å²) in [6, 6.07) is 5.38. The summed E-state index contributed by atoms with van der Waals surface area (Å²) in [5.41, 5.74) is 1.50. The topological polar surface area (TPSA) is 43.4 Å². The molecule has 1 aromatic rings. The fraction of sp³-hybridized carbons (Fsp3) is 0.467. The highest BCUT2D eigenvalue weighted by Crippen LogP contribution is 2.36. The van der Waals surface area contributed by atoms with E-state index in [4.69, 9.17) is 4.84 Å². The molecule has 1 unspecified atom stereocenters. The van der Waals surface area contributed by atoms with Crippen molar-refractivity contribution in [1.82, 2.24) is 0 Å². The Morgan fingerprint density at radius 2 is 2.10 bits per heavy atom. The van der Waals surface area contributed by atoms with E-state index in [0.29, 0.717) is 17.7 Å². The molecule has 1 amide bonds. The third kappa shape index (κ3) is 2.79. The van der Waals surface area contributed by atoms with E-state index in [0.717, 1.165) is 17.3 Å². The number of alkyl halides is 1. The second-order valence-electron chi connectivity index (χ2n) is 5.47. The number of benzene rings is 1. The molecule has 4 nitrogen and oxygen atoms in total. The predicted octanol–water partition coefficient (Wildman–Crippen LogP) is 3.06. The zero-order valence-corrected chi connectivity index (χ0v) is 13.6. The van der Waals surface area contributed by atoms with Gasteiger partial charge < -0.3 is 4.84 Å². The summed E-state index contributed by atoms with van der Waals surface area (Å²) in [4.78, 5) is 29.9. The van der Waals surface area contributed by atoms with Crippen LogP contribution in [0, 0.1) is 0 Å². The van der Waals surface area contributed by atoms with Crippen LogP contribution in [0.5, 0.6) is 5.75 Å². The zero-order chi connectivity index (χ0) is 14.9. The number of hydrogen-bond donors (Lipinski definition) is 0. The molecule has 20 heavy (non-hydrogen) atoms. The van der Waals surface area contributed by atoms with E-state index in [9.17, 15) is 9.59 Å². The zero-order valence-electron chi connectivity index (χ0n) is 12.0. The van der Waals surface area contributed by atoms with Gasteiger partial charge in [0.05, 0.1) is 0 Å². The normalized spacial score (nSPS) is 20.2. The van der Waals surface area contributed by atoms with E-state index in [2.05, 4.69) is 15.9 Å². The maximum Gasteiger partial charge on any atom is 0.361 e. The first kappa shape index (κ1) is 15.2. The van der Waals surface area contributed by atoms with E-state index in [1.165, 1.54) is 0 Å². The highest BCUT2D eigenvalue weighted by Gasteiger charge is 2.42. The van der Waals surface area contributed by atoms with Crippen molar-refractivity contribution in [2.45, 2.75) is 25.7 Å². The number of Topliss-reactive ketones (excluding diaryl/α,β-unsaturated/α-hetero) is 1. The molecule has 1 atom stereocenters. The Labute approximate surface area is 127 Å². The third-order valence-corrected chi connectivity index (χ3v) is 4.13. The van der Waals surface area contributed by atoms with Crippen LogP contribution < -0.4 is 4.84 Å². The molecule has 1 aliphatic heterocycles. The lowest BCUT2D eigenvalue weighted by molar-refractivity contribution is -0.984. The molecule has 2 rings (SSSR count). The van der Waals surface area contributed by atoms with Crippen molar-refractivity contribution >= 4 is 27.6 Å². The Hall–Kier alpha value is -1.20. The minimum atomic E-state index is -0.222. The first-order valence-corrected chi connectivity index (χ1v) is 7.80. The summed E-state index contributed by atoms with van der Waals surface area (Å²) in [6.45, 7) is 1.87. The Morgan fingerprint density at radius 1 is 1.40 bits per heavy atom. The van der Waals surface area contributed by atoms with Gasteiger partial charge in [0.25, 0.3) is 0 Å². The van der Waals surface area contributed by atoms with Gasteiger partial charge in [0.1, 0.15) is 20.0 Å². The first-order chi connectivity index (χ1) is 9.36. The first-order valence-electron chi connectivity index (χ1n) is 6.68. The number of hydroxylamine groups is 3. The standard InChI is InChI=1S/C15H19BrNO3/c1-10-12-7-6-11(13(18)5-4-8-16)9-14(12)20-17(2,3)15(10)19/h6-7,9-10H,4-5,8H2,1-3H3/q+1. The van der Waals surface area contributed by atoms with Gasteiger partial charge in [-0.25, -0.2) is 4.79 Å². The summed E-state index contributed by atoms with van der Waals surface area (Å²) in [7, 11) is 3.42. The largest absolute Gasteiger partial charge is 0.361 e. The third-order valence-electron chi connectivity index (χ3n) is 3.57. The van der Waals surface area contributed by atoms with Crippen LogP contribution in [0.25, 0.3) is 0 Å². The average Bonchev–Trinajstić information content (AvgIpc) is 2.41. The van der Waals surface area contributed by atoms with Crippen molar-refractivity contribution in [1.29, 1.82) is 0 Å². The predicted molar refractivity (Wildman–Crippen MR) is 80.0 cm³/mol. The minimum absolute atomic E-state index is 0.0101. The molecular weight excluding hydrogens is 322 g/mol. The van der Waals surface area contributed by atoms with E-state index >= 15 is 0 Å². The van der Waals surface area contributed by atoms with E-state index in [-0.39, 0.29) is 22.3 Å². The van der Waals surface area contributed by atoms with Crippen LogP contribution in [-0.2, 0) is 4.79 Å². The highest BCUT2D eigenvalue weighted by atomic mass is 79.9. The number of fused-ring (bicyclic) bond motifs is 1. The number of halogens is 1. The number of rotatable bonds is 4. The van der Waals surface area contributed by atoms with Gasteiger partial charge in [-0.05, 0) is 19.4 Å². The van der Waals surface area contributed by atoms with Crippen LogP contribution in [0.2, 0.25) is 0 Å². The van der Waals surface area contributed by atoms with Crippen LogP contribution >= 0.6 is 15.9 Å². The molecule has 0 bridgehead atoms. The Morgan fingerprint density at radius 3 is 2.75 bits per heavy atom. The molecule has 0 saturated carbocycles. The van der Waals surface area contributed by atoms with Crippen LogP contribution in [-0.4, -0.2) is 35.8 Å². The van der Waals surface area contributed by atoms with Gasteiger partial charge in [0.2, 0.25) is 0 Å². The number of amides is 1. The molecule has 0 saturated heterocycles. The van der Waals surface area contributed by atoms with Gasteiger partial charge in [-0.1, -0.05) is 32.7 Å². The Balaban J connectivity index is 2.33. The number of likely N-dealkylation sites (N-methyl/N-ethyl adjacent to an activating group) is 1. The van der Waals surface area contributed by atoms with Crippen molar-refractivity contribution in [3.05, 3.63) is 29.3 Å². The molecule has 0 aliphatic carbocycles. The SMILES string of the molecule is CC1C(=O)[N+](C)(C)Oc2cc(C(=O)CCCBr)ccc21. The molecule has 1 heterocycles. The molecule has 1 aromatic carbocycles. The fourth-order valence-electron chi connectivity index (χ4n) is 2.41. The van der Waals surface area contributed by atoms with Crippen LogP contribution in [0.15, 0.2) is 18.2 Å². The van der Waals surface area contributed by atoms with Crippen molar-refractivity contribution in [3.63, 3.8) is 0 Å². The van der Waals surface area contributed by atoms with Crippen molar-refractivity contribution in [2.75, 3.05) is 19.4 Å². The molecule has 0 N–H and O–H groups in total. The molecule has 108 valence electrons. The lowest BCUT2D eigenvalue weighted by atomic mass is 9.94. The number of ketones is 1. The minimum Gasteiger partial charge on any atom is -0.308 e. The number of quaternary nitrogens is 1. The maximum absolute atomic E-state index is 12.1. The average molecular weight is 341 g/mol. The van der Waals surface area contributed by atoms with Gasteiger partial charge in [0, 0.05) is 22.9 Å². The molecule has 0 fully saturated rings. The lowest BCUT2D eigenvalue weighted by Crippen LogP contribution is -2.53. The van der Waals surface area contributed by atoms with Crippen LogP contribution in [0.1, 0.15) is 41.6 Å². The fourth-order valence-corrected chi connectivity index (χ4v) is 2.69. The van der Waals surface area contributed by atoms with Gasteiger partial charge in [-0.3, -0.25) is 4.79 Å². The quantitative estimate of drug-likeness (QED) is 0.480. The number of carbonyl (C=O) groups excluding carboxylic acids is 2. The molecule has 0 spiro atoms. The summed E-state index contributed by atoms with van der Waals surface area (Å²) >= 11 is 3.32. The highest BCUT2D eigenvalue weighted by molar-refractivity contribution is 9.09. The second-order valence-corrected chi connectivity index (χ2v) is 6.26. The summed E-state index contributed by atoms with van der Waals surface area (Å²) in [6.07, 6.45) is 1.32. The summed E-state index contributed by atoms with van der Waals surface area (Å²) in [5, 5.41) is 0.815.